The minimum absolute atomic E-state index is 0.510. The number of benzene rings is 1. The Labute approximate surface area is 66.4 Å². The Balaban J connectivity index is 2.28. The normalized spacial score (nSPS) is 22.7. The van der Waals surface area contributed by atoms with Gasteiger partial charge in [0.15, 0.2) is 0 Å². The van der Waals surface area contributed by atoms with Gasteiger partial charge < -0.3 is 11.1 Å². The van der Waals surface area contributed by atoms with Gasteiger partial charge in [-0.05, 0) is 24.6 Å². The van der Waals surface area contributed by atoms with E-state index in [-0.39, 0.29) is 0 Å². The third kappa shape index (κ3) is 1.10. The number of nitrogen functional groups attached to an aromatic ring is 1. The highest BCUT2D eigenvalue weighted by Gasteiger charge is 2.19. The van der Waals surface area contributed by atoms with Crippen molar-refractivity contribution < 1.29 is 0 Å². The molecule has 1 aromatic carbocycles. The van der Waals surface area contributed by atoms with E-state index in [1.54, 1.807) is 0 Å². The SMILES string of the molecule is Nc1ccccc1[C@@H]1CCN1. The lowest BCUT2D eigenvalue weighted by atomic mass is 9.97. The molecular weight excluding hydrogens is 136 g/mol. The Morgan fingerprint density at radius 1 is 1.36 bits per heavy atom. The molecule has 1 aliphatic rings. The van der Waals surface area contributed by atoms with Crippen molar-refractivity contribution in [3.05, 3.63) is 29.8 Å². The summed E-state index contributed by atoms with van der Waals surface area (Å²) in [5.41, 5.74) is 7.95. The molecule has 1 aliphatic heterocycles. The molecule has 2 heteroatoms. The summed E-state index contributed by atoms with van der Waals surface area (Å²) in [6, 6.07) is 8.56. The molecule has 1 atom stereocenters. The van der Waals surface area contributed by atoms with Crippen molar-refractivity contribution in [3.63, 3.8) is 0 Å². The summed E-state index contributed by atoms with van der Waals surface area (Å²) in [5, 5.41) is 3.32. The largest absolute Gasteiger partial charge is 0.398 e. The van der Waals surface area contributed by atoms with Gasteiger partial charge >= 0.3 is 0 Å². The first-order valence-electron chi connectivity index (χ1n) is 3.96. The number of hydrogen-bond acceptors (Lipinski definition) is 2. The average Bonchev–Trinajstić information content (AvgIpc) is 1.90. The van der Waals surface area contributed by atoms with Crippen LogP contribution in [0.1, 0.15) is 18.0 Å². The lowest BCUT2D eigenvalue weighted by molar-refractivity contribution is 0.384. The topological polar surface area (TPSA) is 38.0 Å². The molecule has 0 aliphatic carbocycles. The summed E-state index contributed by atoms with van der Waals surface area (Å²) in [6.07, 6.45) is 1.22. The van der Waals surface area contributed by atoms with Gasteiger partial charge in [0, 0.05) is 11.7 Å². The van der Waals surface area contributed by atoms with Crippen molar-refractivity contribution in [3.8, 4) is 0 Å². The number of para-hydroxylation sites is 1. The molecule has 0 aromatic heterocycles. The van der Waals surface area contributed by atoms with Gasteiger partial charge in [-0.3, -0.25) is 0 Å². The fraction of sp³-hybridized carbons (Fsp3) is 0.333. The number of anilines is 1. The minimum atomic E-state index is 0.510. The lowest BCUT2D eigenvalue weighted by Gasteiger charge is -2.28. The summed E-state index contributed by atoms with van der Waals surface area (Å²) in [6.45, 7) is 1.12. The molecule has 11 heavy (non-hydrogen) atoms. The first-order chi connectivity index (χ1) is 5.38. The third-order valence-corrected chi connectivity index (χ3v) is 2.20. The Morgan fingerprint density at radius 2 is 2.09 bits per heavy atom. The second kappa shape index (κ2) is 2.55. The van der Waals surface area contributed by atoms with Gasteiger partial charge in [0.1, 0.15) is 0 Å². The Kier molecular flexibility index (Phi) is 1.55. The molecule has 3 N–H and O–H groups in total. The lowest BCUT2D eigenvalue weighted by Crippen LogP contribution is -2.35. The molecule has 0 amide bonds. The van der Waals surface area contributed by atoms with Crippen LogP contribution in [0.3, 0.4) is 0 Å². The molecule has 58 valence electrons. The summed E-state index contributed by atoms with van der Waals surface area (Å²) in [5.74, 6) is 0. The third-order valence-electron chi connectivity index (χ3n) is 2.20. The van der Waals surface area contributed by atoms with E-state index in [1.165, 1.54) is 12.0 Å². The van der Waals surface area contributed by atoms with Crippen LogP contribution < -0.4 is 11.1 Å². The van der Waals surface area contributed by atoms with Gasteiger partial charge in [-0.25, -0.2) is 0 Å². The zero-order valence-corrected chi connectivity index (χ0v) is 6.38. The Bertz CT molecular complexity index is 253. The molecule has 1 fully saturated rings. The van der Waals surface area contributed by atoms with Crippen LogP contribution >= 0.6 is 0 Å². The smallest absolute Gasteiger partial charge is 0.0362 e. The van der Waals surface area contributed by atoms with Gasteiger partial charge in [0.25, 0.3) is 0 Å². The molecule has 0 radical (unpaired) electrons. The van der Waals surface area contributed by atoms with Crippen molar-refractivity contribution in [2.24, 2.45) is 0 Å². The van der Waals surface area contributed by atoms with Crippen LogP contribution in [0, 0.1) is 0 Å². The predicted octanol–water partition coefficient (Wildman–Crippen LogP) is 1.30. The monoisotopic (exact) mass is 148 g/mol. The first-order valence-corrected chi connectivity index (χ1v) is 3.96. The van der Waals surface area contributed by atoms with Gasteiger partial charge in [0.05, 0.1) is 0 Å². The van der Waals surface area contributed by atoms with Crippen molar-refractivity contribution in [2.45, 2.75) is 12.5 Å². The Morgan fingerprint density at radius 3 is 2.64 bits per heavy atom. The van der Waals surface area contributed by atoms with Crippen LogP contribution in [-0.4, -0.2) is 6.54 Å². The summed E-state index contributed by atoms with van der Waals surface area (Å²) in [7, 11) is 0. The number of rotatable bonds is 1. The molecule has 0 bridgehead atoms. The molecule has 1 heterocycles. The minimum Gasteiger partial charge on any atom is -0.398 e. The average molecular weight is 148 g/mol. The Hall–Kier alpha value is -1.02. The van der Waals surface area contributed by atoms with Crippen molar-refractivity contribution in [1.82, 2.24) is 5.32 Å². The molecule has 0 spiro atoms. The standard InChI is InChI=1S/C9H12N2/c10-8-4-2-1-3-7(8)9-5-6-11-9/h1-4,9,11H,5-6,10H2/t9-/m0/s1. The number of nitrogens with one attached hydrogen (secondary N) is 1. The summed E-state index contributed by atoms with van der Waals surface area (Å²) < 4.78 is 0. The molecular formula is C9H12N2. The van der Waals surface area contributed by atoms with E-state index in [2.05, 4.69) is 11.4 Å². The van der Waals surface area contributed by atoms with E-state index in [0.717, 1.165) is 12.2 Å². The van der Waals surface area contributed by atoms with E-state index >= 15 is 0 Å². The van der Waals surface area contributed by atoms with Crippen LogP contribution in [0.5, 0.6) is 0 Å². The van der Waals surface area contributed by atoms with Gasteiger partial charge in [-0.2, -0.15) is 0 Å². The molecule has 0 unspecified atom stereocenters. The first kappa shape index (κ1) is 6.68. The fourth-order valence-corrected chi connectivity index (χ4v) is 1.38. The highest BCUT2D eigenvalue weighted by molar-refractivity contribution is 5.48. The summed E-state index contributed by atoms with van der Waals surface area (Å²) in [4.78, 5) is 0. The van der Waals surface area contributed by atoms with Crippen molar-refractivity contribution in [2.75, 3.05) is 12.3 Å². The number of hydrogen-bond donors (Lipinski definition) is 2. The maximum absolute atomic E-state index is 5.79. The van der Waals surface area contributed by atoms with Crippen LogP contribution in [0.15, 0.2) is 24.3 Å². The van der Waals surface area contributed by atoms with Crippen LogP contribution in [0.2, 0.25) is 0 Å². The van der Waals surface area contributed by atoms with E-state index in [9.17, 15) is 0 Å². The second-order valence-electron chi connectivity index (χ2n) is 2.92. The molecule has 0 saturated carbocycles. The van der Waals surface area contributed by atoms with Crippen molar-refractivity contribution >= 4 is 5.69 Å². The quantitative estimate of drug-likeness (QED) is 0.589. The van der Waals surface area contributed by atoms with E-state index < -0.39 is 0 Å². The predicted molar refractivity (Wildman–Crippen MR) is 46.2 cm³/mol. The van der Waals surface area contributed by atoms with Crippen LogP contribution in [-0.2, 0) is 0 Å². The highest BCUT2D eigenvalue weighted by atomic mass is 15.0. The van der Waals surface area contributed by atoms with E-state index in [1.807, 2.05) is 18.2 Å². The van der Waals surface area contributed by atoms with E-state index in [0.29, 0.717) is 6.04 Å². The van der Waals surface area contributed by atoms with Crippen LogP contribution in [0.4, 0.5) is 5.69 Å². The van der Waals surface area contributed by atoms with Crippen molar-refractivity contribution in [1.29, 1.82) is 0 Å². The molecule has 1 aromatic rings. The van der Waals surface area contributed by atoms with Gasteiger partial charge in [-0.1, -0.05) is 18.2 Å². The molecule has 1 saturated heterocycles. The molecule has 2 nitrogen and oxygen atoms in total. The zero-order valence-electron chi connectivity index (χ0n) is 6.38. The maximum atomic E-state index is 5.79. The number of nitrogens with two attached hydrogens (primary N) is 1. The summed E-state index contributed by atoms with van der Waals surface area (Å²) >= 11 is 0. The zero-order chi connectivity index (χ0) is 7.68. The van der Waals surface area contributed by atoms with E-state index in [4.69, 9.17) is 5.73 Å². The van der Waals surface area contributed by atoms with Gasteiger partial charge in [0.2, 0.25) is 0 Å². The molecule has 2 rings (SSSR count). The van der Waals surface area contributed by atoms with Gasteiger partial charge in [-0.15, -0.1) is 0 Å². The maximum Gasteiger partial charge on any atom is 0.0362 e. The second-order valence-corrected chi connectivity index (χ2v) is 2.92. The van der Waals surface area contributed by atoms with Crippen LogP contribution in [0.25, 0.3) is 0 Å². The fourth-order valence-electron chi connectivity index (χ4n) is 1.38. The highest BCUT2D eigenvalue weighted by Crippen LogP contribution is 2.26.